The number of β-lactam (4-membered cyclic amide) rings is 1. The summed E-state index contributed by atoms with van der Waals surface area (Å²) in [6.07, 6.45) is -4.34. The molecule has 0 saturated carbocycles. The van der Waals surface area contributed by atoms with Crippen molar-refractivity contribution in [3.05, 3.63) is 35.4 Å². The molecular formula is C12H12F3NO. The largest absolute Gasteiger partial charge is 0.416 e. The third-order valence-corrected chi connectivity index (χ3v) is 3.18. The maximum atomic E-state index is 12.5. The lowest BCUT2D eigenvalue weighted by Gasteiger charge is -2.43. The van der Waals surface area contributed by atoms with Gasteiger partial charge >= 0.3 is 6.18 Å². The predicted molar refractivity (Wildman–Crippen MR) is 56.1 cm³/mol. The molecule has 2 unspecified atom stereocenters. The first kappa shape index (κ1) is 12.0. The summed E-state index contributed by atoms with van der Waals surface area (Å²) in [6.45, 7) is 1.73. The molecule has 1 aliphatic rings. The fourth-order valence-corrected chi connectivity index (χ4v) is 2.26. The molecule has 1 heterocycles. The lowest BCUT2D eigenvalue weighted by Crippen LogP contribution is -2.51. The van der Waals surface area contributed by atoms with Crippen molar-refractivity contribution in [3.63, 3.8) is 0 Å². The van der Waals surface area contributed by atoms with Crippen LogP contribution in [0.25, 0.3) is 0 Å². The minimum absolute atomic E-state index is 0.0348. The van der Waals surface area contributed by atoms with Crippen molar-refractivity contribution < 1.29 is 18.0 Å². The highest BCUT2D eigenvalue weighted by Gasteiger charge is 2.43. The monoisotopic (exact) mass is 243 g/mol. The van der Waals surface area contributed by atoms with Crippen LogP contribution >= 0.6 is 0 Å². The Hall–Kier alpha value is -1.52. The number of carbonyl (C=O) groups is 1. The summed E-state index contributed by atoms with van der Waals surface area (Å²) in [5.74, 6) is -0.282. The maximum Gasteiger partial charge on any atom is 0.416 e. The third kappa shape index (κ3) is 1.90. The lowest BCUT2D eigenvalue weighted by molar-refractivity contribution is -0.152. The van der Waals surface area contributed by atoms with Gasteiger partial charge in [0.25, 0.3) is 0 Å². The molecule has 2 atom stereocenters. The van der Waals surface area contributed by atoms with Crippen LogP contribution in [0.2, 0.25) is 0 Å². The summed E-state index contributed by atoms with van der Waals surface area (Å²) in [7, 11) is 1.60. The number of alkyl halides is 3. The quantitative estimate of drug-likeness (QED) is 0.694. The molecule has 0 bridgehead atoms. The van der Waals surface area contributed by atoms with Crippen LogP contribution in [-0.4, -0.2) is 17.9 Å². The molecular weight excluding hydrogens is 231 g/mol. The summed E-state index contributed by atoms with van der Waals surface area (Å²) >= 11 is 0. The number of hydrogen-bond acceptors (Lipinski definition) is 1. The highest BCUT2D eigenvalue weighted by molar-refractivity contribution is 5.85. The number of rotatable bonds is 1. The van der Waals surface area contributed by atoms with Crippen molar-refractivity contribution in [3.8, 4) is 0 Å². The van der Waals surface area contributed by atoms with Crippen molar-refractivity contribution >= 4 is 5.91 Å². The first-order chi connectivity index (χ1) is 7.82. The Labute approximate surface area is 97.0 Å². The van der Waals surface area contributed by atoms with Gasteiger partial charge in [0.15, 0.2) is 0 Å². The average Bonchev–Trinajstić information content (AvgIpc) is 2.28. The van der Waals surface area contributed by atoms with Crippen molar-refractivity contribution in [2.45, 2.75) is 19.1 Å². The smallest absolute Gasteiger partial charge is 0.338 e. The molecule has 0 N–H and O–H groups in total. The van der Waals surface area contributed by atoms with Crippen LogP contribution in [0.4, 0.5) is 13.2 Å². The van der Waals surface area contributed by atoms with Crippen molar-refractivity contribution in [2.24, 2.45) is 5.92 Å². The Morgan fingerprint density at radius 1 is 1.29 bits per heavy atom. The molecule has 1 aromatic carbocycles. The first-order valence-electron chi connectivity index (χ1n) is 5.26. The molecule has 92 valence electrons. The van der Waals surface area contributed by atoms with Gasteiger partial charge in [0, 0.05) is 7.05 Å². The zero-order chi connectivity index (χ0) is 12.8. The van der Waals surface area contributed by atoms with Crippen LogP contribution < -0.4 is 0 Å². The van der Waals surface area contributed by atoms with Crippen LogP contribution in [-0.2, 0) is 11.0 Å². The van der Waals surface area contributed by atoms with Gasteiger partial charge in [-0.15, -0.1) is 0 Å². The van der Waals surface area contributed by atoms with Crippen LogP contribution in [0.1, 0.15) is 24.1 Å². The zero-order valence-corrected chi connectivity index (χ0v) is 9.45. The minimum Gasteiger partial charge on any atom is -0.338 e. The molecule has 0 radical (unpaired) electrons. The normalized spacial score (nSPS) is 24.8. The summed E-state index contributed by atoms with van der Waals surface area (Å²) in [5, 5.41) is 0. The highest BCUT2D eigenvalue weighted by atomic mass is 19.4. The second kappa shape index (κ2) is 3.75. The molecule has 17 heavy (non-hydrogen) atoms. The molecule has 0 aromatic heterocycles. The Kier molecular flexibility index (Phi) is 2.64. The van der Waals surface area contributed by atoms with Crippen LogP contribution in [0, 0.1) is 5.92 Å². The fraction of sp³-hybridized carbons (Fsp3) is 0.417. The van der Waals surface area contributed by atoms with Crippen molar-refractivity contribution in [2.75, 3.05) is 7.05 Å². The second-order valence-electron chi connectivity index (χ2n) is 4.31. The van der Waals surface area contributed by atoms with E-state index < -0.39 is 11.7 Å². The average molecular weight is 243 g/mol. The Morgan fingerprint density at radius 2 is 1.94 bits per heavy atom. The molecule has 1 fully saturated rings. The maximum absolute atomic E-state index is 12.5. The summed E-state index contributed by atoms with van der Waals surface area (Å²) in [4.78, 5) is 12.8. The van der Waals surface area contributed by atoms with Gasteiger partial charge in [-0.1, -0.05) is 19.1 Å². The molecule has 5 heteroatoms. The van der Waals surface area contributed by atoms with Crippen molar-refractivity contribution in [1.29, 1.82) is 0 Å². The van der Waals surface area contributed by atoms with E-state index in [1.807, 2.05) is 0 Å². The molecule has 0 aliphatic carbocycles. The third-order valence-electron chi connectivity index (χ3n) is 3.18. The summed E-state index contributed by atoms with van der Waals surface area (Å²) in [6, 6.07) is 4.91. The van der Waals surface area contributed by atoms with Gasteiger partial charge in [0.05, 0.1) is 17.5 Å². The van der Waals surface area contributed by atoms with E-state index in [1.165, 1.54) is 11.0 Å². The van der Waals surface area contributed by atoms with Gasteiger partial charge in [-0.05, 0) is 17.7 Å². The summed E-state index contributed by atoms with van der Waals surface area (Å²) in [5.41, 5.74) is -0.135. The molecule has 1 saturated heterocycles. The molecule has 2 rings (SSSR count). The molecule has 1 amide bonds. The summed E-state index contributed by atoms with van der Waals surface area (Å²) < 4.78 is 37.6. The van der Waals surface area contributed by atoms with E-state index in [1.54, 1.807) is 20.0 Å². The molecule has 1 aliphatic heterocycles. The van der Waals surface area contributed by atoms with E-state index in [4.69, 9.17) is 0 Å². The Morgan fingerprint density at radius 3 is 2.47 bits per heavy atom. The fourth-order valence-electron chi connectivity index (χ4n) is 2.26. The van der Waals surface area contributed by atoms with Gasteiger partial charge in [-0.3, -0.25) is 4.79 Å². The zero-order valence-electron chi connectivity index (χ0n) is 9.45. The topological polar surface area (TPSA) is 20.3 Å². The van der Waals surface area contributed by atoms with Crippen LogP contribution in [0.3, 0.4) is 0 Å². The number of hydrogen-bond donors (Lipinski definition) is 0. The lowest BCUT2D eigenvalue weighted by atomic mass is 9.84. The Bertz CT molecular complexity index is 443. The van der Waals surface area contributed by atoms with E-state index in [0.29, 0.717) is 5.56 Å². The van der Waals surface area contributed by atoms with E-state index in [-0.39, 0.29) is 17.9 Å². The molecule has 1 aromatic rings. The molecule has 0 spiro atoms. The number of carbonyl (C=O) groups excluding carboxylic acids is 1. The number of halogens is 3. The van der Waals surface area contributed by atoms with E-state index >= 15 is 0 Å². The van der Waals surface area contributed by atoms with Crippen LogP contribution in [0.5, 0.6) is 0 Å². The molecule has 2 nitrogen and oxygen atoms in total. The van der Waals surface area contributed by atoms with E-state index in [0.717, 1.165) is 12.1 Å². The number of amides is 1. The Balaban J connectivity index is 2.32. The second-order valence-corrected chi connectivity index (χ2v) is 4.31. The van der Waals surface area contributed by atoms with Gasteiger partial charge < -0.3 is 4.90 Å². The highest BCUT2D eigenvalue weighted by Crippen LogP contribution is 2.40. The standard InChI is InChI=1S/C12H12F3NO/c1-7-10(16(2)11(7)17)8-4-3-5-9(6-8)12(13,14)15/h3-7,10H,1-2H3. The number of likely N-dealkylation sites (tertiary alicyclic amines) is 1. The van der Waals surface area contributed by atoms with Crippen LogP contribution in [0.15, 0.2) is 24.3 Å². The predicted octanol–water partition coefficient (Wildman–Crippen LogP) is 2.85. The first-order valence-corrected chi connectivity index (χ1v) is 5.26. The van der Waals surface area contributed by atoms with E-state index in [9.17, 15) is 18.0 Å². The van der Waals surface area contributed by atoms with E-state index in [2.05, 4.69) is 0 Å². The van der Waals surface area contributed by atoms with Gasteiger partial charge in [0.1, 0.15) is 0 Å². The van der Waals surface area contributed by atoms with Gasteiger partial charge in [0.2, 0.25) is 5.91 Å². The number of benzene rings is 1. The SMILES string of the molecule is CC1C(=O)N(C)C1c1cccc(C(F)(F)F)c1. The minimum atomic E-state index is -4.34. The van der Waals surface area contributed by atoms with Crippen molar-refractivity contribution in [1.82, 2.24) is 4.90 Å². The van der Waals surface area contributed by atoms with Gasteiger partial charge in [-0.25, -0.2) is 0 Å². The number of nitrogens with zero attached hydrogens (tertiary/aromatic N) is 1. The van der Waals surface area contributed by atoms with Gasteiger partial charge in [-0.2, -0.15) is 13.2 Å².